The molecule has 2 saturated heterocycles. The van der Waals surface area contributed by atoms with Crippen LogP contribution in [-0.4, -0.2) is 98.8 Å². The fourth-order valence-electron chi connectivity index (χ4n) is 4.98. The molecule has 2 fully saturated rings. The van der Waals surface area contributed by atoms with Crippen LogP contribution in [0.5, 0.6) is 11.5 Å². The molecule has 4 bridgehead atoms. The second-order valence-corrected chi connectivity index (χ2v) is 12.2. The first-order chi connectivity index (χ1) is 18.7. The molecule has 0 aromatic heterocycles. The minimum absolute atomic E-state index is 0.0941. The fraction of sp³-hybridized carbons (Fsp3) is 0.481. The van der Waals surface area contributed by atoms with Gasteiger partial charge >= 0.3 is 0 Å². The van der Waals surface area contributed by atoms with Crippen LogP contribution in [0.15, 0.2) is 42.5 Å². The Morgan fingerprint density at radius 3 is 2.44 bits per heavy atom. The summed E-state index contributed by atoms with van der Waals surface area (Å²) in [4.78, 5) is 27.8. The number of likely N-dealkylation sites (N-methyl/N-ethyl adjacent to an activating group) is 1. The number of carbonyl (C=O) groups is 2. The average Bonchev–Trinajstić information content (AvgIpc) is 2.93. The quantitative estimate of drug-likeness (QED) is 0.559. The van der Waals surface area contributed by atoms with Crippen molar-refractivity contribution in [1.29, 1.82) is 0 Å². The lowest BCUT2D eigenvalue weighted by molar-refractivity contribution is -0.123. The molecule has 2 aromatic carbocycles. The van der Waals surface area contributed by atoms with Crippen LogP contribution < -0.4 is 20.1 Å². The van der Waals surface area contributed by atoms with Crippen LogP contribution in [0.2, 0.25) is 0 Å². The zero-order valence-electron chi connectivity index (χ0n) is 22.3. The number of nitrogens with one attached hydrogen (secondary N) is 2. The van der Waals surface area contributed by atoms with Crippen molar-refractivity contribution in [1.82, 2.24) is 24.1 Å². The van der Waals surface area contributed by atoms with E-state index in [2.05, 4.69) is 15.5 Å². The van der Waals surface area contributed by atoms with Crippen molar-refractivity contribution >= 4 is 22.0 Å². The van der Waals surface area contributed by atoms with Gasteiger partial charge in [-0.2, -0.15) is 17.0 Å². The zero-order valence-corrected chi connectivity index (χ0v) is 23.1. The van der Waals surface area contributed by atoms with E-state index < -0.39 is 22.4 Å². The summed E-state index contributed by atoms with van der Waals surface area (Å²) in [6, 6.07) is 11.8. The van der Waals surface area contributed by atoms with Gasteiger partial charge in [-0.25, -0.2) is 0 Å². The Kier molecular flexibility index (Phi) is 8.08. The van der Waals surface area contributed by atoms with Gasteiger partial charge in [0.25, 0.3) is 22.0 Å². The second kappa shape index (κ2) is 11.5. The van der Waals surface area contributed by atoms with Crippen LogP contribution >= 0.6 is 0 Å². The van der Waals surface area contributed by atoms with Gasteiger partial charge in [0.15, 0.2) is 6.61 Å². The molecule has 6 rings (SSSR count). The maximum atomic E-state index is 13.5. The van der Waals surface area contributed by atoms with Crippen molar-refractivity contribution in [3.05, 3.63) is 59.2 Å². The average molecular weight is 558 g/mol. The third kappa shape index (κ3) is 6.35. The zero-order chi connectivity index (χ0) is 27.6. The van der Waals surface area contributed by atoms with Gasteiger partial charge < -0.3 is 25.0 Å². The first kappa shape index (κ1) is 27.4. The van der Waals surface area contributed by atoms with E-state index in [0.29, 0.717) is 62.8 Å². The lowest BCUT2D eigenvalue weighted by Gasteiger charge is -2.41. The number of carbonyl (C=O) groups excluding carboxylic acids is 2. The molecule has 11 nitrogen and oxygen atoms in total. The highest BCUT2D eigenvalue weighted by molar-refractivity contribution is 7.86. The Morgan fingerprint density at radius 1 is 0.949 bits per heavy atom. The predicted octanol–water partition coefficient (Wildman–Crippen LogP) is 0.748. The number of hydrogen-bond acceptors (Lipinski definition) is 7. The molecule has 12 heteroatoms. The van der Waals surface area contributed by atoms with Crippen molar-refractivity contribution in [3.63, 3.8) is 0 Å². The number of rotatable bonds is 2. The van der Waals surface area contributed by atoms with Gasteiger partial charge in [0.1, 0.15) is 17.6 Å². The summed E-state index contributed by atoms with van der Waals surface area (Å²) in [5.74, 6) is 0.389. The molecular weight excluding hydrogens is 522 g/mol. The lowest BCUT2D eigenvalue weighted by Crippen LogP contribution is -2.61. The van der Waals surface area contributed by atoms with E-state index in [4.69, 9.17) is 9.47 Å². The molecule has 2 atom stereocenters. The van der Waals surface area contributed by atoms with Crippen molar-refractivity contribution in [2.24, 2.45) is 0 Å². The summed E-state index contributed by atoms with van der Waals surface area (Å²) in [7, 11) is -1.71. The van der Waals surface area contributed by atoms with Crippen LogP contribution in [0, 0.1) is 6.92 Å². The van der Waals surface area contributed by atoms with E-state index in [1.807, 2.05) is 38.2 Å². The lowest BCUT2D eigenvalue weighted by atomic mass is 10.0. The third-order valence-electron chi connectivity index (χ3n) is 7.45. The topological polar surface area (TPSA) is 121 Å². The Hall–Kier alpha value is -3.19. The molecule has 2 N–H and O–H groups in total. The normalized spacial score (nSPS) is 24.1. The van der Waals surface area contributed by atoms with Crippen LogP contribution in [0.4, 0.5) is 0 Å². The highest BCUT2D eigenvalue weighted by atomic mass is 32.2. The summed E-state index contributed by atoms with van der Waals surface area (Å²) >= 11 is 0. The molecule has 4 aliphatic heterocycles. The van der Waals surface area contributed by atoms with Gasteiger partial charge in [-0.1, -0.05) is 18.2 Å². The predicted molar refractivity (Wildman–Crippen MR) is 145 cm³/mol. The van der Waals surface area contributed by atoms with E-state index in [1.165, 1.54) is 8.61 Å². The van der Waals surface area contributed by atoms with Gasteiger partial charge in [-0.05, 0) is 49.4 Å². The molecule has 39 heavy (non-hydrogen) atoms. The number of aryl methyl sites for hydroxylation is 1. The van der Waals surface area contributed by atoms with Crippen molar-refractivity contribution in [2.45, 2.75) is 32.0 Å². The number of piperazine rings is 1. The van der Waals surface area contributed by atoms with E-state index in [-0.39, 0.29) is 25.0 Å². The van der Waals surface area contributed by atoms with E-state index in [9.17, 15) is 18.0 Å². The SMILES string of the molecule is Cc1ccc2cc1OCC(=O)NCc1ccc(cc1)O[C@H]1CCN(S(=O)(=O)N3CCN(C)CC3)C[C@@H]1NC2=O. The van der Waals surface area contributed by atoms with Crippen LogP contribution in [0.3, 0.4) is 0 Å². The fourth-order valence-corrected chi connectivity index (χ4v) is 6.61. The molecule has 0 saturated carbocycles. The standard InChI is InChI=1S/C27H35N5O6S/c1-19-3-6-21-15-25(19)37-18-26(33)28-16-20-4-7-22(8-5-20)38-24-9-10-32(17-23(24)29-27(21)34)39(35,36)31-13-11-30(2)12-14-31/h3-8,15,23-24H,9-14,16-18H2,1-2H3,(H,28,33)(H,29,34)/t23-,24-/m0/s1. The van der Waals surface area contributed by atoms with Crippen molar-refractivity contribution in [3.8, 4) is 11.5 Å². The molecule has 4 heterocycles. The molecular formula is C27H35N5O6S. The highest BCUT2D eigenvalue weighted by Gasteiger charge is 2.40. The first-order valence-electron chi connectivity index (χ1n) is 13.2. The maximum absolute atomic E-state index is 13.5. The summed E-state index contributed by atoms with van der Waals surface area (Å²) in [5, 5.41) is 5.85. The van der Waals surface area contributed by atoms with Crippen LogP contribution in [-0.2, 0) is 21.5 Å². The number of ether oxygens (including phenoxy) is 2. The Labute approximate surface area is 229 Å². The monoisotopic (exact) mass is 557 g/mol. The minimum atomic E-state index is -3.69. The van der Waals surface area contributed by atoms with Crippen LogP contribution in [0.1, 0.15) is 27.9 Å². The number of amides is 2. The number of benzene rings is 2. The summed E-state index contributed by atoms with van der Waals surface area (Å²) in [6.45, 7) is 4.59. The Balaban J connectivity index is 1.42. The number of nitrogens with zero attached hydrogens (tertiary/aromatic N) is 3. The summed E-state index contributed by atoms with van der Waals surface area (Å²) in [6.07, 6.45) is -0.0202. The van der Waals surface area contributed by atoms with Crippen molar-refractivity contribution < 1.29 is 27.5 Å². The highest BCUT2D eigenvalue weighted by Crippen LogP contribution is 2.25. The molecule has 210 valence electrons. The summed E-state index contributed by atoms with van der Waals surface area (Å²) < 4.78 is 42.0. The smallest absolute Gasteiger partial charge is 0.282 e. The molecule has 0 aliphatic carbocycles. The van der Waals surface area contributed by atoms with Gasteiger partial charge in [-0.3, -0.25) is 9.59 Å². The molecule has 0 unspecified atom stereocenters. The maximum Gasteiger partial charge on any atom is 0.282 e. The van der Waals surface area contributed by atoms with E-state index >= 15 is 0 Å². The molecule has 0 radical (unpaired) electrons. The van der Waals surface area contributed by atoms with E-state index in [0.717, 1.165) is 11.1 Å². The third-order valence-corrected chi connectivity index (χ3v) is 9.45. The van der Waals surface area contributed by atoms with Crippen LogP contribution in [0.25, 0.3) is 0 Å². The minimum Gasteiger partial charge on any atom is -0.488 e. The van der Waals surface area contributed by atoms with Gasteiger partial charge in [0.05, 0.1) is 6.04 Å². The van der Waals surface area contributed by atoms with Crippen molar-refractivity contribution in [2.75, 3.05) is 52.9 Å². The van der Waals surface area contributed by atoms with E-state index in [1.54, 1.807) is 18.2 Å². The largest absolute Gasteiger partial charge is 0.488 e. The summed E-state index contributed by atoms with van der Waals surface area (Å²) in [5.41, 5.74) is 2.04. The molecule has 0 spiro atoms. The van der Waals surface area contributed by atoms with Gasteiger partial charge in [0.2, 0.25) is 0 Å². The Bertz CT molecular complexity index is 1310. The number of fused-ring (bicyclic) bond motifs is 7. The first-order valence-corrected chi connectivity index (χ1v) is 14.6. The second-order valence-electron chi connectivity index (χ2n) is 10.3. The number of piperidine rings is 1. The Morgan fingerprint density at radius 2 is 1.69 bits per heavy atom. The molecule has 2 amide bonds. The molecule has 4 aliphatic rings. The molecule has 2 aromatic rings. The van der Waals surface area contributed by atoms with Gasteiger partial charge in [0, 0.05) is 57.8 Å². The number of hydrogen-bond donors (Lipinski definition) is 2. The van der Waals surface area contributed by atoms with Gasteiger partial charge in [-0.15, -0.1) is 0 Å².